The SMILES string of the molecule is Cc1csc(=Nc2ccc(Cl)c(F)c2)n1Cc1ccc2c(c1)OCO2. The molecular formula is C18H14ClFN2O2S. The molecule has 0 atom stereocenters. The normalized spacial score (nSPS) is 13.5. The molecule has 0 bridgehead atoms. The van der Waals surface area contributed by atoms with Gasteiger partial charge in [0.1, 0.15) is 5.82 Å². The topological polar surface area (TPSA) is 35.8 Å². The molecule has 2 heterocycles. The summed E-state index contributed by atoms with van der Waals surface area (Å²) in [6.45, 7) is 2.91. The van der Waals surface area contributed by atoms with E-state index in [2.05, 4.69) is 9.56 Å². The maximum Gasteiger partial charge on any atom is 0.231 e. The van der Waals surface area contributed by atoms with E-state index in [1.54, 1.807) is 6.07 Å². The predicted octanol–water partition coefficient (Wildman–Crippen LogP) is 4.66. The number of rotatable bonds is 3. The maximum absolute atomic E-state index is 13.6. The molecule has 0 unspecified atom stereocenters. The van der Waals surface area contributed by atoms with Crippen LogP contribution in [0, 0.1) is 12.7 Å². The van der Waals surface area contributed by atoms with Gasteiger partial charge in [-0.1, -0.05) is 17.7 Å². The molecule has 128 valence electrons. The fourth-order valence-electron chi connectivity index (χ4n) is 2.58. The van der Waals surface area contributed by atoms with E-state index in [1.165, 1.54) is 23.5 Å². The van der Waals surface area contributed by atoms with Crippen LogP contribution in [0.5, 0.6) is 11.5 Å². The highest BCUT2D eigenvalue weighted by Crippen LogP contribution is 2.32. The molecule has 1 aromatic heterocycles. The number of benzene rings is 2. The quantitative estimate of drug-likeness (QED) is 0.666. The second kappa shape index (κ2) is 6.54. The number of aromatic nitrogens is 1. The maximum atomic E-state index is 13.6. The van der Waals surface area contributed by atoms with Crippen LogP contribution in [0.3, 0.4) is 0 Å². The first-order chi connectivity index (χ1) is 12.1. The van der Waals surface area contributed by atoms with Gasteiger partial charge < -0.3 is 14.0 Å². The summed E-state index contributed by atoms with van der Waals surface area (Å²) in [6.07, 6.45) is 0. The minimum atomic E-state index is -0.474. The van der Waals surface area contributed by atoms with E-state index in [9.17, 15) is 4.39 Å². The van der Waals surface area contributed by atoms with E-state index in [0.717, 1.165) is 27.6 Å². The van der Waals surface area contributed by atoms with Crippen LogP contribution in [-0.4, -0.2) is 11.4 Å². The molecule has 0 fully saturated rings. The molecule has 7 heteroatoms. The van der Waals surface area contributed by atoms with Gasteiger partial charge in [0.05, 0.1) is 17.3 Å². The van der Waals surface area contributed by atoms with Gasteiger partial charge in [0.2, 0.25) is 6.79 Å². The Bertz CT molecular complexity index is 1010. The van der Waals surface area contributed by atoms with Gasteiger partial charge in [-0.25, -0.2) is 9.38 Å². The number of thiazole rings is 1. The van der Waals surface area contributed by atoms with Crippen LogP contribution in [0.15, 0.2) is 46.8 Å². The smallest absolute Gasteiger partial charge is 0.231 e. The number of hydrogen-bond acceptors (Lipinski definition) is 4. The number of hydrogen-bond donors (Lipinski definition) is 0. The summed E-state index contributed by atoms with van der Waals surface area (Å²) < 4.78 is 26.5. The lowest BCUT2D eigenvalue weighted by Gasteiger charge is -2.07. The second-order valence-electron chi connectivity index (χ2n) is 5.64. The Labute approximate surface area is 152 Å². The summed E-state index contributed by atoms with van der Waals surface area (Å²) in [5, 5.41) is 2.12. The van der Waals surface area contributed by atoms with Crippen LogP contribution in [-0.2, 0) is 6.54 Å². The van der Waals surface area contributed by atoms with E-state index in [1.807, 2.05) is 30.5 Å². The van der Waals surface area contributed by atoms with Crippen molar-refractivity contribution in [2.24, 2.45) is 4.99 Å². The number of fused-ring (bicyclic) bond motifs is 1. The number of aryl methyl sites for hydroxylation is 1. The minimum Gasteiger partial charge on any atom is -0.454 e. The molecule has 3 aromatic rings. The van der Waals surface area contributed by atoms with Gasteiger partial charge in [0.25, 0.3) is 0 Å². The minimum absolute atomic E-state index is 0.0922. The van der Waals surface area contributed by atoms with E-state index in [0.29, 0.717) is 12.2 Å². The summed E-state index contributed by atoms with van der Waals surface area (Å²) in [6, 6.07) is 10.4. The Morgan fingerprint density at radius 3 is 2.88 bits per heavy atom. The van der Waals surface area contributed by atoms with E-state index >= 15 is 0 Å². The predicted molar refractivity (Wildman–Crippen MR) is 95.3 cm³/mol. The van der Waals surface area contributed by atoms with Crippen molar-refractivity contribution in [3.63, 3.8) is 0 Å². The van der Waals surface area contributed by atoms with Crippen molar-refractivity contribution in [2.45, 2.75) is 13.5 Å². The highest BCUT2D eigenvalue weighted by molar-refractivity contribution is 7.07. The number of ether oxygens (including phenoxy) is 2. The molecule has 25 heavy (non-hydrogen) atoms. The Morgan fingerprint density at radius 2 is 2.04 bits per heavy atom. The van der Waals surface area contributed by atoms with Gasteiger partial charge in [0.15, 0.2) is 16.3 Å². The van der Waals surface area contributed by atoms with Crippen molar-refractivity contribution in [1.82, 2.24) is 4.57 Å². The van der Waals surface area contributed by atoms with E-state index in [4.69, 9.17) is 21.1 Å². The van der Waals surface area contributed by atoms with E-state index < -0.39 is 5.82 Å². The molecule has 0 radical (unpaired) electrons. The van der Waals surface area contributed by atoms with Gasteiger partial charge in [-0.05, 0) is 36.8 Å². The lowest BCUT2D eigenvalue weighted by Crippen LogP contribution is -2.16. The van der Waals surface area contributed by atoms with Crippen LogP contribution >= 0.6 is 22.9 Å². The molecule has 0 saturated heterocycles. The molecule has 0 N–H and O–H groups in total. The fourth-order valence-corrected chi connectivity index (χ4v) is 3.60. The van der Waals surface area contributed by atoms with Crippen LogP contribution in [0.25, 0.3) is 0 Å². The first-order valence-corrected chi connectivity index (χ1v) is 8.89. The molecule has 2 aromatic carbocycles. The fraction of sp³-hybridized carbons (Fsp3) is 0.167. The lowest BCUT2D eigenvalue weighted by molar-refractivity contribution is 0.174. The van der Waals surface area contributed by atoms with Crippen molar-refractivity contribution < 1.29 is 13.9 Å². The van der Waals surface area contributed by atoms with Gasteiger partial charge in [-0.2, -0.15) is 0 Å². The molecule has 1 aliphatic heterocycles. The summed E-state index contributed by atoms with van der Waals surface area (Å²) in [7, 11) is 0. The largest absolute Gasteiger partial charge is 0.454 e. The van der Waals surface area contributed by atoms with Crippen molar-refractivity contribution in [3.8, 4) is 11.5 Å². The molecule has 0 amide bonds. The highest BCUT2D eigenvalue weighted by Gasteiger charge is 2.14. The van der Waals surface area contributed by atoms with Crippen LogP contribution in [0.1, 0.15) is 11.3 Å². The first-order valence-electron chi connectivity index (χ1n) is 7.63. The van der Waals surface area contributed by atoms with Gasteiger partial charge in [0, 0.05) is 17.1 Å². The standard InChI is InChI=1S/C18H14ClFN2O2S/c1-11-9-25-18(21-13-3-4-14(19)15(20)7-13)22(11)8-12-2-5-16-17(6-12)24-10-23-16/h2-7,9H,8,10H2,1H3. The molecule has 4 nitrogen and oxygen atoms in total. The van der Waals surface area contributed by atoms with Crippen molar-refractivity contribution in [2.75, 3.05) is 6.79 Å². The summed E-state index contributed by atoms with van der Waals surface area (Å²) >= 11 is 7.24. The zero-order valence-electron chi connectivity index (χ0n) is 13.3. The molecule has 0 spiro atoms. The van der Waals surface area contributed by atoms with Gasteiger partial charge in [-0.15, -0.1) is 11.3 Å². The Morgan fingerprint density at radius 1 is 1.20 bits per heavy atom. The highest BCUT2D eigenvalue weighted by atomic mass is 35.5. The third kappa shape index (κ3) is 3.27. The molecule has 1 aliphatic rings. The monoisotopic (exact) mass is 376 g/mol. The zero-order valence-corrected chi connectivity index (χ0v) is 14.9. The Balaban J connectivity index is 1.70. The average Bonchev–Trinajstić information content (AvgIpc) is 3.19. The van der Waals surface area contributed by atoms with Crippen LogP contribution < -0.4 is 14.3 Å². The summed E-state index contributed by atoms with van der Waals surface area (Å²) in [5.74, 6) is 1.04. The lowest BCUT2D eigenvalue weighted by atomic mass is 10.2. The summed E-state index contributed by atoms with van der Waals surface area (Å²) in [4.78, 5) is 5.35. The van der Waals surface area contributed by atoms with Gasteiger partial charge in [-0.3, -0.25) is 0 Å². The first kappa shape index (κ1) is 16.2. The van der Waals surface area contributed by atoms with Crippen molar-refractivity contribution in [1.29, 1.82) is 0 Å². The van der Waals surface area contributed by atoms with Crippen LogP contribution in [0.4, 0.5) is 10.1 Å². The Kier molecular flexibility index (Phi) is 4.23. The zero-order chi connectivity index (χ0) is 17.4. The van der Waals surface area contributed by atoms with Crippen molar-refractivity contribution >= 4 is 28.6 Å². The average molecular weight is 377 g/mol. The number of nitrogens with zero attached hydrogens (tertiary/aromatic N) is 2. The summed E-state index contributed by atoms with van der Waals surface area (Å²) in [5.41, 5.74) is 2.69. The molecule has 0 saturated carbocycles. The third-order valence-electron chi connectivity index (χ3n) is 3.90. The van der Waals surface area contributed by atoms with Gasteiger partial charge >= 0.3 is 0 Å². The molecular weight excluding hydrogens is 363 g/mol. The second-order valence-corrected chi connectivity index (χ2v) is 6.89. The van der Waals surface area contributed by atoms with E-state index in [-0.39, 0.29) is 11.8 Å². The molecule has 4 rings (SSSR count). The van der Waals surface area contributed by atoms with Crippen LogP contribution in [0.2, 0.25) is 5.02 Å². The van der Waals surface area contributed by atoms with Crippen molar-refractivity contribution in [3.05, 3.63) is 68.7 Å². The third-order valence-corrected chi connectivity index (χ3v) is 5.19. The molecule has 0 aliphatic carbocycles. The Hall–Kier alpha value is -2.31. The number of halogens is 2.